The summed E-state index contributed by atoms with van der Waals surface area (Å²) in [4.78, 5) is 7.74. The van der Waals surface area contributed by atoms with Crippen molar-refractivity contribution >= 4 is 45.3 Å². The van der Waals surface area contributed by atoms with Gasteiger partial charge in [0.1, 0.15) is 5.49 Å². The van der Waals surface area contributed by atoms with Gasteiger partial charge in [-0.1, -0.05) is 11.8 Å². The number of nitrogens with one attached hydrogen (secondary N) is 4. The van der Waals surface area contributed by atoms with E-state index in [9.17, 15) is 0 Å². The Kier molecular flexibility index (Phi) is 6.38. The lowest BCUT2D eigenvalue weighted by molar-refractivity contribution is 0.752. The van der Waals surface area contributed by atoms with Gasteiger partial charge in [0.15, 0.2) is 5.17 Å². The number of nitrogens with two attached hydrogens (primary N) is 1. The summed E-state index contributed by atoms with van der Waals surface area (Å²) in [7, 11) is 1.77. The molecule has 4 rings (SSSR count). The minimum Gasteiger partial charge on any atom is -0.393 e. The van der Waals surface area contributed by atoms with Crippen LogP contribution in [0.25, 0.3) is 16.5 Å². The molecule has 3 heterocycles. The topological polar surface area (TPSA) is 131 Å². The number of rotatable bonds is 5. The van der Waals surface area contributed by atoms with Crippen molar-refractivity contribution in [2.45, 2.75) is 17.4 Å². The fourth-order valence-electron chi connectivity index (χ4n) is 3.72. The molecular weight excluding hydrogens is 420 g/mol. The van der Waals surface area contributed by atoms with Crippen molar-refractivity contribution < 1.29 is 0 Å². The maximum Gasteiger partial charge on any atom is 0.171 e. The Labute approximate surface area is 190 Å². The minimum absolute atomic E-state index is 0.204. The van der Waals surface area contributed by atoms with E-state index in [1.165, 1.54) is 22.5 Å². The predicted molar refractivity (Wildman–Crippen MR) is 132 cm³/mol. The molecular formula is C23H26N8S. The molecule has 1 saturated heterocycles. The summed E-state index contributed by atoms with van der Waals surface area (Å²) < 4.78 is 1.51. The average Bonchev–Trinajstić information content (AvgIpc) is 3.23. The first kappa shape index (κ1) is 21.8. The van der Waals surface area contributed by atoms with Gasteiger partial charge < -0.3 is 21.4 Å². The lowest BCUT2D eigenvalue weighted by Gasteiger charge is -2.18. The molecule has 0 saturated carbocycles. The second kappa shape index (κ2) is 9.37. The number of anilines is 1. The molecule has 1 aromatic carbocycles. The van der Waals surface area contributed by atoms with Crippen LogP contribution in [-0.4, -0.2) is 47.1 Å². The first-order valence-corrected chi connectivity index (χ1v) is 11.1. The standard InChI is InChI=1S/C23H26N8S/c1-28-11-17(10-24)15-2-5-22(26)31(13-15)23(27)32-20-3-4-21-16(9-20)8-19(12-29-21)30-7-6-18(25)14-30/h2-5,8-13,18,24,26-28H,6-7,14,25H2,1H3/b17-11+,24-10?,26-22?,27-23?. The van der Waals surface area contributed by atoms with Crippen molar-refractivity contribution in [2.24, 2.45) is 5.73 Å². The highest BCUT2D eigenvalue weighted by Gasteiger charge is 2.19. The van der Waals surface area contributed by atoms with Crippen molar-refractivity contribution in [2.75, 3.05) is 25.0 Å². The van der Waals surface area contributed by atoms with Crippen LogP contribution in [0.4, 0.5) is 5.69 Å². The van der Waals surface area contributed by atoms with E-state index in [-0.39, 0.29) is 16.7 Å². The largest absolute Gasteiger partial charge is 0.393 e. The predicted octanol–water partition coefficient (Wildman–Crippen LogP) is 2.84. The van der Waals surface area contributed by atoms with Gasteiger partial charge in [0.2, 0.25) is 0 Å². The third-order valence-electron chi connectivity index (χ3n) is 5.40. The molecule has 8 nitrogen and oxygen atoms in total. The molecule has 0 bridgehead atoms. The Morgan fingerprint density at radius 3 is 2.84 bits per heavy atom. The quantitative estimate of drug-likeness (QED) is 0.234. The molecule has 0 amide bonds. The maximum absolute atomic E-state index is 8.59. The molecule has 0 aliphatic carbocycles. The summed E-state index contributed by atoms with van der Waals surface area (Å²) in [5.41, 5.74) is 9.65. The Morgan fingerprint density at radius 1 is 1.28 bits per heavy atom. The van der Waals surface area contributed by atoms with E-state index in [1.54, 1.807) is 31.6 Å². The number of thioether (sulfide) groups is 1. The molecule has 6 N–H and O–H groups in total. The Bertz CT molecular complexity index is 1260. The van der Waals surface area contributed by atoms with Crippen LogP contribution in [0, 0.1) is 16.2 Å². The smallest absolute Gasteiger partial charge is 0.171 e. The summed E-state index contributed by atoms with van der Waals surface area (Å²) in [5, 5.41) is 28.6. The van der Waals surface area contributed by atoms with Crippen LogP contribution in [0.2, 0.25) is 0 Å². The van der Waals surface area contributed by atoms with Gasteiger partial charge in [0.05, 0.1) is 17.4 Å². The number of fused-ring (bicyclic) bond motifs is 1. The van der Waals surface area contributed by atoms with Crippen molar-refractivity contribution in [3.8, 4) is 0 Å². The zero-order chi connectivity index (χ0) is 22.7. The number of pyridine rings is 2. The molecule has 1 aliphatic rings. The van der Waals surface area contributed by atoms with E-state index in [4.69, 9.17) is 22.0 Å². The lowest BCUT2D eigenvalue weighted by Crippen LogP contribution is -2.26. The molecule has 1 unspecified atom stereocenters. The molecule has 32 heavy (non-hydrogen) atoms. The number of nitrogens with zero attached hydrogens (tertiary/aromatic N) is 3. The highest BCUT2D eigenvalue weighted by molar-refractivity contribution is 8.13. The SMILES string of the molecule is CN/C=C(\C=N)c1ccc(=N)n(C(=N)Sc2ccc3ncc(N4CCC(N)C4)cc3c2)c1. The molecule has 1 fully saturated rings. The zero-order valence-electron chi connectivity index (χ0n) is 17.8. The summed E-state index contributed by atoms with van der Waals surface area (Å²) in [6, 6.07) is 11.7. The average molecular weight is 447 g/mol. The number of hydrogen-bond acceptors (Lipinski definition) is 8. The van der Waals surface area contributed by atoms with Crippen molar-refractivity contribution in [1.82, 2.24) is 14.9 Å². The van der Waals surface area contributed by atoms with Crippen molar-refractivity contribution in [3.63, 3.8) is 0 Å². The van der Waals surface area contributed by atoms with Crippen LogP contribution in [0.15, 0.2) is 59.9 Å². The van der Waals surface area contributed by atoms with Crippen LogP contribution < -0.4 is 21.4 Å². The summed E-state index contributed by atoms with van der Waals surface area (Å²) in [5.74, 6) is 0. The second-order valence-electron chi connectivity index (χ2n) is 7.66. The van der Waals surface area contributed by atoms with Crippen LogP contribution in [-0.2, 0) is 0 Å². The molecule has 3 aromatic rings. The molecule has 0 radical (unpaired) electrons. The first-order chi connectivity index (χ1) is 15.5. The van der Waals surface area contributed by atoms with Gasteiger partial charge in [-0.05, 0) is 42.8 Å². The van der Waals surface area contributed by atoms with Gasteiger partial charge >= 0.3 is 0 Å². The fourth-order valence-corrected chi connectivity index (χ4v) is 4.52. The van der Waals surface area contributed by atoms with E-state index < -0.39 is 0 Å². The van der Waals surface area contributed by atoms with Crippen LogP contribution in [0.5, 0.6) is 0 Å². The molecule has 9 heteroatoms. The lowest BCUT2D eigenvalue weighted by atomic mass is 10.1. The Hall–Kier alpha value is -3.43. The molecule has 164 valence electrons. The Morgan fingerprint density at radius 2 is 2.12 bits per heavy atom. The van der Waals surface area contributed by atoms with Gasteiger partial charge in [-0.25, -0.2) is 0 Å². The minimum atomic E-state index is 0.204. The van der Waals surface area contributed by atoms with Crippen LogP contribution in [0.1, 0.15) is 12.0 Å². The van der Waals surface area contributed by atoms with E-state index >= 15 is 0 Å². The van der Waals surface area contributed by atoms with Gasteiger partial charge in [0, 0.05) is 66.2 Å². The molecule has 1 aliphatic heterocycles. The number of allylic oxidation sites excluding steroid dienone is 1. The normalized spacial score (nSPS) is 16.4. The number of hydrogen-bond donors (Lipinski definition) is 5. The molecule has 0 spiro atoms. The third kappa shape index (κ3) is 4.58. The zero-order valence-corrected chi connectivity index (χ0v) is 18.6. The van der Waals surface area contributed by atoms with E-state index in [2.05, 4.69) is 21.3 Å². The monoisotopic (exact) mass is 446 g/mol. The van der Waals surface area contributed by atoms with Gasteiger partial charge in [-0.15, -0.1) is 0 Å². The van der Waals surface area contributed by atoms with Crippen LogP contribution in [0.3, 0.4) is 0 Å². The van der Waals surface area contributed by atoms with E-state index in [1.807, 2.05) is 24.4 Å². The number of aromatic nitrogens is 2. The summed E-state index contributed by atoms with van der Waals surface area (Å²) in [6.45, 7) is 1.78. The highest BCUT2D eigenvalue weighted by Crippen LogP contribution is 2.28. The maximum atomic E-state index is 8.59. The van der Waals surface area contributed by atoms with Gasteiger partial charge in [0.25, 0.3) is 0 Å². The summed E-state index contributed by atoms with van der Waals surface area (Å²) >= 11 is 1.28. The third-order valence-corrected chi connectivity index (χ3v) is 6.28. The summed E-state index contributed by atoms with van der Waals surface area (Å²) in [6.07, 6.45) is 7.55. The van der Waals surface area contributed by atoms with E-state index in [0.717, 1.165) is 46.6 Å². The fraction of sp³-hybridized carbons (Fsp3) is 0.217. The Balaban J connectivity index is 1.60. The van der Waals surface area contributed by atoms with Gasteiger partial charge in [-0.2, -0.15) is 0 Å². The van der Waals surface area contributed by atoms with Crippen LogP contribution >= 0.6 is 11.8 Å². The molecule has 1 atom stereocenters. The highest BCUT2D eigenvalue weighted by atomic mass is 32.2. The number of benzene rings is 1. The second-order valence-corrected chi connectivity index (χ2v) is 8.72. The van der Waals surface area contributed by atoms with E-state index in [0.29, 0.717) is 5.57 Å². The van der Waals surface area contributed by atoms with Crippen molar-refractivity contribution in [1.29, 1.82) is 16.2 Å². The first-order valence-electron chi connectivity index (χ1n) is 10.3. The van der Waals surface area contributed by atoms with Gasteiger partial charge in [-0.3, -0.25) is 20.4 Å². The van der Waals surface area contributed by atoms with Crippen molar-refractivity contribution in [3.05, 3.63) is 66.0 Å². The molecule has 2 aromatic heterocycles.